The van der Waals surface area contributed by atoms with E-state index in [2.05, 4.69) is 14.7 Å². The van der Waals surface area contributed by atoms with Crippen LogP contribution in [0.4, 0.5) is 13.6 Å². The van der Waals surface area contributed by atoms with E-state index in [9.17, 15) is 18.4 Å². The van der Waals surface area contributed by atoms with Gasteiger partial charge in [0.2, 0.25) is 0 Å². The topological polar surface area (TPSA) is 84.9 Å². The van der Waals surface area contributed by atoms with Crippen LogP contribution in [0.3, 0.4) is 0 Å². The van der Waals surface area contributed by atoms with Crippen molar-refractivity contribution in [2.45, 2.75) is 19.3 Å². The lowest BCUT2D eigenvalue weighted by atomic mass is 10.1. The average Bonchev–Trinajstić information content (AvgIpc) is 3.03. The highest BCUT2D eigenvalue weighted by Gasteiger charge is 2.37. The van der Waals surface area contributed by atoms with Crippen LogP contribution in [0.15, 0.2) is 30.6 Å². The van der Waals surface area contributed by atoms with Crippen molar-refractivity contribution in [1.29, 1.82) is 0 Å². The molecule has 0 spiro atoms. The molecule has 1 aliphatic heterocycles. The Morgan fingerprint density at radius 1 is 1.41 bits per heavy atom. The summed E-state index contributed by atoms with van der Waals surface area (Å²) in [5, 5.41) is 0.0366. The molecule has 1 aliphatic rings. The molecule has 1 aromatic heterocycles. The van der Waals surface area contributed by atoms with E-state index in [0.717, 1.165) is 0 Å². The SMILES string of the molecule is CN(C)C(=O)[C@H]1CN(Cc2cncc(-c3ccc(Cl)c(OC(F)F)c3)n2)C(=O)O1. The molecule has 1 aromatic carbocycles. The molecule has 2 amide bonds. The van der Waals surface area contributed by atoms with E-state index in [1.54, 1.807) is 20.2 Å². The summed E-state index contributed by atoms with van der Waals surface area (Å²) in [5.74, 6) is -0.493. The zero-order valence-electron chi connectivity index (χ0n) is 15.5. The first-order valence-corrected chi connectivity index (χ1v) is 8.84. The van der Waals surface area contributed by atoms with Gasteiger partial charge in [-0.25, -0.2) is 9.78 Å². The maximum absolute atomic E-state index is 12.5. The molecule has 3 rings (SSSR count). The number of halogens is 3. The largest absolute Gasteiger partial charge is 0.434 e. The van der Waals surface area contributed by atoms with Gasteiger partial charge in [-0.3, -0.25) is 14.7 Å². The second kappa shape index (κ2) is 8.56. The number of carbonyl (C=O) groups is 2. The first kappa shape index (κ1) is 20.7. The Morgan fingerprint density at radius 2 is 2.17 bits per heavy atom. The van der Waals surface area contributed by atoms with Crippen molar-refractivity contribution in [2.75, 3.05) is 20.6 Å². The minimum Gasteiger partial charge on any atom is -0.434 e. The molecular weight excluding hydrogens is 410 g/mol. The zero-order valence-corrected chi connectivity index (χ0v) is 16.3. The van der Waals surface area contributed by atoms with Crippen molar-refractivity contribution >= 4 is 23.6 Å². The number of alkyl halides is 2. The molecule has 0 aliphatic carbocycles. The zero-order chi connectivity index (χ0) is 21.1. The Hall–Kier alpha value is -3.01. The second-order valence-corrected chi connectivity index (χ2v) is 6.81. The lowest BCUT2D eigenvalue weighted by Crippen LogP contribution is -2.36. The highest BCUT2D eigenvalue weighted by atomic mass is 35.5. The van der Waals surface area contributed by atoms with Gasteiger partial charge in [0.1, 0.15) is 5.75 Å². The van der Waals surface area contributed by atoms with Gasteiger partial charge in [-0.15, -0.1) is 0 Å². The van der Waals surface area contributed by atoms with Crippen LogP contribution in [0.1, 0.15) is 5.69 Å². The fourth-order valence-corrected chi connectivity index (χ4v) is 2.88. The van der Waals surface area contributed by atoms with E-state index in [1.165, 1.54) is 34.3 Å². The summed E-state index contributed by atoms with van der Waals surface area (Å²) in [6, 6.07) is 4.33. The number of benzene rings is 1. The second-order valence-electron chi connectivity index (χ2n) is 6.40. The molecule has 1 saturated heterocycles. The number of likely N-dealkylation sites (N-methyl/N-ethyl adjacent to an activating group) is 1. The van der Waals surface area contributed by atoms with Crippen molar-refractivity contribution < 1.29 is 27.8 Å². The number of nitrogens with zero attached hydrogens (tertiary/aromatic N) is 4. The summed E-state index contributed by atoms with van der Waals surface area (Å²) in [7, 11) is 3.15. The van der Waals surface area contributed by atoms with Crippen molar-refractivity contribution in [2.24, 2.45) is 0 Å². The molecule has 0 bridgehead atoms. The van der Waals surface area contributed by atoms with Crippen LogP contribution < -0.4 is 4.74 Å². The smallest absolute Gasteiger partial charge is 0.411 e. The lowest BCUT2D eigenvalue weighted by Gasteiger charge is -2.15. The van der Waals surface area contributed by atoms with E-state index in [1.807, 2.05) is 0 Å². The van der Waals surface area contributed by atoms with Crippen LogP contribution >= 0.6 is 11.6 Å². The summed E-state index contributed by atoms with van der Waals surface area (Å²) < 4.78 is 34.5. The summed E-state index contributed by atoms with van der Waals surface area (Å²) in [6.07, 6.45) is 1.40. The molecule has 8 nitrogen and oxygen atoms in total. The minimum absolute atomic E-state index is 0.0366. The van der Waals surface area contributed by atoms with E-state index in [4.69, 9.17) is 16.3 Å². The Kier molecular flexibility index (Phi) is 6.12. The average molecular weight is 427 g/mol. The Bertz CT molecular complexity index is 928. The number of hydrogen-bond acceptors (Lipinski definition) is 6. The number of ether oxygens (including phenoxy) is 2. The van der Waals surface area contributed by atoms with Crippen LogP contribution in [0.5, 0.6) is 5.75 Å². The maximum atomic E-state index is 12.5. The third-order valence-corrected chi connectivity index (χ3v) is 4.40. The molecule has 0 saturated carbocycles. The standard InChI is InChI=1S/C18H17ClF2N4O4/c1-24(2)16(26)15-9-25(18(27)29-15)8-11-6-22-7-13(23-11)10-3-4-12(19)14(5-10)28-17(20)21/h3-7,15,17H,8-9H2,1-2H3/t15-/m1/s1. The Labute approximate surface area is 170 Å². The highest BCUT2D eigenvalue weighted by Crippen LogP contribution is 2.31. The highest BCUT2D eigenvalue weighted by molar-refractivity contribution is 6.32. The molecule has 2 aromatic rings. The van der Waals surface area contributed by atoms with Gasteiger partial charge in [0, 0.05) is 19.7 Å². The van der Waals surface area contributed by atoms with Crippen LogP contribution in [0.2, 0.25) is 5.02 Å². The van der Waals surface area contributed by atoms with Gasteiger partial charge in [-0.2, -0.15) is 8.78 Å². The molecule has 1 atom stereocenters. The minimum atomic E-state index is -3.01. The van der Waals surface area contributed by atoms with Crippen LogP contribution in [0, 0.1) is 0 Å². The number of aromatic nitrogens is 2. The first-order chi connectivity index (χ1) is 13.7. The van der Waals surface area contributed by atoms with Crippen molar-refractivity contribution in [1.82, 2.24) is 19.8 Å². The quantitative estimate of drug-likeness (QED) is 0.706. The van der Waals surface area contributed by atoms with Gasteiger partial charge < -0.3 is 14.4 Å². The van der Waals surface area contributed by atoms with Crippen LogP contribution in [-0.2, 0) is 16.1 Å². The number of carbonyl (C=O) groups excluding carboxylic acids is 2. The molecule has 11 heteroatoms. The lowest BCUT2D eigenvalue weighted by molar-refractivity contribution is -0.135. The van der Waals surface area contributed by atoms with E-state index in [0.29, 0.717) is 17.0 Å². The van der Waals surface area contributed by atoms with Crippen molar-refractivity contribution in [3.05, 3.63) is 41.3 Å². The molecule has 29 heavy (non-hydrogen) atoms. The van der Waals surface area contributed by atoms with Crippen LogP contribution in [0.25, 0.3) is 11.3 Å². The van der Waals surface area contributed by atoms with Gasteiger partial charge in [0.05, 0.1) is 41.9 Å². The third kappa shape index (κ3) is 4.89. The van der Waals surface area contributed by atoms with Gasteiger partial charge in [0.25, 0.3) is 5.91 Å². The molecule has 1 fully saturated rings. The fourth-order valence-electron chi connectivity index (χ4n) is 2.72. The summed E-state index contributed by atoms with van der Waals surface area (Å²) in [4.78, 5) is 35.2. The molecule has 154 valence electrons. The molecular formula is C18H17ClF2N4O4. The van der Waals surface area contributed by atoms with Gasteiger partial charge in [-0.1, -0.05) is 17.7 Å². The van der Waals surface area contributed by atoms with Gasteiger partial charge in [-0.05, 0) is 12.1 Å². The van der Waals surface area contributed by atoms with Gasteiger partial charge >= 0.3 is 12.7 Å². The molecule has 0 radical (unpaired) electrons. The summed E-state index contributed by atoms with van der Waals surface area (Å²) in [5.41, 5.74) is 1.28. The Balaban J connectivity index is 1.77. The number of amides is 2. The normalized spacial score (nSPS) is 16.1. The molecule has 0 N–H and O–H groups in total. The van der Waals surface area contributed by atoms with Crippen molar-refractivity contribution in [3.63, 3.8) is 0 Å². The van der Waals surface area contributed by atoms with E-state index in [-0.39, 0.29) is 29.8 Å². The monoisotopic (exact) mass is 426 g/mol. The molecule has 2 heterocycles. The van der Waals surface area contributed by atoms with Crippen molar-refractivity contribution in [3.8, 4) is 17.0 Å². The fraction of sp³-hybridized carbons (Fsp3) is 0.333. The maximum Gasteiger partial charge on any atom is 0.411 e. The number of cyclic esters (lactones) is 1. The summed E-state index contributed by atoms with van der Waals surface area (Å²) in [6.45, 7) is -2.85. The van der Waals surface area contributed by atoms with Gasteiger partial charge in [0.15, 0.2) is 6.10 Å². The van der Waals surface area contributed by atoms with E-state index < -0.39 is 18.8 Å². The predicted molar refractivity (Wildman–Crippen MR) is 98.5 cm³/mol. The van der Waals surface area contributed by atoms with E-state index >= 15 is 0 Å². The molecule has 0 unspecified atom stereocenters. The first-order valence-electron chi connectivity index (χ1n) is 8.47. The summed E-state index contributed by atoms with van der Waals surface area (Å²) >= 11 is 5.87. The van der Waals surface area contributed by atoms with Crippen LogP contribution in [-0.4, -0.2) is 65.1 Å². The predicted octanol–water partition coefficient (Wildman–Crippen LogP) is 2.81. The Morgan fingerprint density at radius 3 is 2.86 bits per heavy atom. The number of rotatable bonds is 6. The number of hydrogen-bond donors (Lipinski definition) is 0. The third-order valence-electron chi connectivity index (χ3n) is 4.08.